The summed E-state index contributed by atoms with van der Waals surface area (Å²) in [4.78, 5) is 37.4. The molecule has 2 aromatic carbocycles. The lowest BCUT2D eigenvalue weighted by atomic mass is 10.0. The normalized spacial score (nSPS) is 14.3. The summed E-state index contributed by atoms with van der Waals surface area (Å²) in [5, 5.41) is 0. The van der Waals surface area contributed by atoms with Crippen molar-refractivity contribution >= 4 is 17.6 Å². The quantitative estimate of drug-likeness (QED) is 0.237. The number of hydrogen-bond donors (Lipinski definition) is 2. The highest BCUT2D eigenvalue weighted by atomic mass is 19.1. The van der Waals surface area contributed by atoms with E-state index in [-0.39, 0.29) is 24.9 Å². The van der Waals surface area contributed by atoms with Crippen LogP contribution in [-0.2, 0) is 9.53 Å². The summed E-state index contributed by atoms with van der Waals surface area (Å²) < 4.78 is 68.6. The van der Waals surface area contributed by atoms with Crippen molar-refractivity contribution in [3.05, 3.63) is 87.2 Å². The molecule has 12 heteroatoms. The fourth-order valence-electron chi connectivity index (χ4n) is 4.31. The van der Waals surface area contributed by atoms with Gasteiger partial charge in [0.05, 0.1) is 17.7 Å². The van der Waals surface area contributed by atoms with Gasteiger partial charge in [0.2, 0.25) is 0 Å². The zero-order valence-electron chi connectivity index (χ0n) is 20.6. The molecule has 8 nitrogen and oxygen atoms in total. The van der Waals surface area contributed by atoms with Crippen molar-refractivity contribution in [3.63, 3.8) is 0 Å². The summed E-state index contributed by atoms with van der Waals surface area (Å²) in [5.41, 5.74) is 8.91. The van der Waals surface area contributed by atoms with Crippen LogP contribution >= 0.6 is 0 Å². The number of nitrogen functional groups attached to an aromatic ring is 1. The van der Waals surface area contributed by atoms with Gasteiger partial charge in [-0.3, -0.25) is 19.0 Å². The highest BCUT2D eigenvalue weighted by molar-refractivity contribution is 6.11. The van der Waals surface area contributed by atoms with Crippen LogP contribution in [-0.4, -0.2) is 35.1 Å². The maximum absolute atomic E-state index is 15.0. The molecule has 4 N–H and O–H groups in total. The first-order valence-corrected chi connectivity index (χ1v) is 12.2. The number of ketones is 1. The average Bonchev–Trinajstić information content (AvgIpc) is 3.38. The number of nitrogens with two attached hydrogens (primary N) is 2. The Hall–Kier alpha value is -4.19. The number of halogens is 4. The Morgan fingerprint density at radius 1 is 0.949 bits per heavy atom. The van der Waals surface area contributed by atoms with Gasteiger partial charge in [-0.15, -0.1) is 0 Å². The highest BCUT2D eigenvalue weighted by Crippen LogP contribution is 2.27. The third-order valence-electron chi connectivity index (χ3n) is 6.35. The summed E-state index contributed by atoms with van der Waals surface area (Å²) in [6.07, 6.45) is 3.40. The van der Waals surface area contributed by atoms with Crippen LogP contribution in [0.1, 0.15) is 48.0 Å². The van der Waals surface area contributed by atoms with E-state index in [0.29, 0.717) is 10.6 Å². The Morgan fingerprint density at radius 3 is 2.23 bits per heavy atom. The first-order chi connectivity index (χ1) is 18.6. The lowest BCUT2D eigenvalue weighted by Crippen LogP contribution is -2.35. The van der Waals surface area contributed by atoms with Crippen LogP contribution in [0, 0.1) is 23.3 Å². The van der Waals surface area contributed by atoms with E-state index in [9.17, 15) is 23.2 Å². The molecule has 0 spiro atoms. The maximum Gasteiger partial charge on any atom is 0.323 e. The number of carbonyl (C=O) groups is 2. The minimum absolute atomic E-state index is 0.0209. The molecule has 4 rings (SSSR count). The van der Waals surface area contributed by atoms with Crippen molar-refractivity contribution in [1.29, 1.82) is 0 Å². The van der Waals surface area contributed by atoms with Gasteiger partial charge in [0.25, 0.3) is 5.56 Å². The van der Waals surface area contributed by atoms with Gasteiger partial charge in [0.15, 0.2) is 17.4 Å². The standard InChI is InChI=1S/C27H25F4N3O5/c28-14-5-6-17(19(29)11-14)25(36)18-7-8-23(35)34(26(18)33)24-20(30)12-16(13-21(24)31)38-10-9-22(32)27(37)39-15-3-1-2-4-15/h5-8,11-13,15,22H,1-4,9-10,32-33H2/t22-/m0/s1. The molecule has 1 aliphatic carbocycles. The Labute approximate surface area is 220 Å². The first-order valence-electron chi connectivity index (χ1n) is 12.2. The monoisotopic (exact) mass is 547 g/mol. The number of anilines is 1. The van der Waals surface area contributed by atoms with Gasteiger partial charge in [0.1, 0.15) is 41.0 Å². The third kappa shape index (κ3) is 6.11. The molecular weight excluding hydrogens is 522 g/mol. The highest BCUT2D eigenvalue weighted by Gasteiger charge is 2.25. The second-order valence-electron chi connectivity index (χ2n) is 9.08. The fraction of sp³-hybridized carbons (Fsp3) is 0.296. The summed E-state index contributed by atoms with van der Waals surface area (Å²) in [6, 6.07) is 4.64. The predicted octanol–water partition coefficient (Wildman–Crippen LogP) is 3.79. The molecule has 206 valence electrons. The molecule has 1 aliphatic rings. The molecule has 0 radical (unpaired) electrons. The van der Waals surface area contributed by atoms with E-state index in [1.807, 2.05) is 0 Å². The number of aromatic nitrogens is 1. The van der Waals surface area contributed by atoms with E-state index < -0.39 is 69.3 Å². The molecule has 1 fully saturated rings. The second kappa shape index (κ2) is 11.7. The maximum atomic E-state index is 15.0. The molecule has 1 atom stereocenters. The Kier molecular flexibility index (Phi) is 8.34. The van der Waals surface area contributed by atoms with Gasteiger partial charge in [-0.1, -0.05) is 0 Å². The van der Waals surface area contributed by atoms with Crippen molar-refractivity contribution in [2.45, 2.75) is 44.2 Å². The first kappa shape index (κ1) is 27.8. The van der Waals surface area contributed by atoms with E-state index in [2.05, 4.69) is 0 Å². The summed E-state index contributed by atoms with van der Waals surface area (Å²) in [6.45, 7) is -0.158. The minimum Gasteiger partial charge on any atom is -0.493 e. The lowest BCUT2D eigenvalue weighted by molar-refractivity contribution is -0.150. The number of pyridine rings is 1. The van der Waals surface area contributed by atoms with Gasteiger partial charge in [-0.2, -0.15) is 0 Å². The van der Waals surface area contributed by atoms with Crippen molar-refractivity contribution in [3.8, 4) is 11.4 Å². The van der Waals surface area contributed by atoms with Crippen LogP contribution in [0.15, 0.2) is 47.3 Å². The lowest BCUT2D eigenvalue weighted by Gasteiger charge is -2.17. The smallest absolute Gasteiger partial charge is 0.323 e. The van der Waals surface area contributed by atoms with E-state index >= 15 is 8.78 Å². The number of nitrogens with zero attached hydrogens (tertiary/aromatic N) is 1. The van der Waals surface area contributed by atoms with Gasteiger partial charge in [-0.25, -0.2) is 17.6 Å². The summed E-state index contributed by atoms with van der Waals surface area (Å²) >= 11 is 0. The largest absolute Gasteiger partial charge is 0.493 e. The van der Waals surface area contributed by atoms with Crippen LogP contribution in [0.4, 0.5) is 23.4 Å². The van der Waals surface area contributed by atoms with Gasteiger partial charge in [-0.05, 0) is 43.9 Å². The molecule has 1 aromatic heterocycles. The van der Waals surface area contributed by atoms with E-state index in [0.717, 1.165) is 62.1 Å². The molecule has 0 saturated heterocycles. The SMILES string of the molecule is Nc1c(C(=O)c2ccc(F)cc2F)ccc(=O)n1-c1c(F)cc(OCC[C@H](N)C(=O)OC2CCCC2)cc1F. The zero-order chi connectivity index (χ0) is 28.3. The van der Waals surface area contributed by atoms with E-state index in [1.54, 1.807) is 0 Å². The Morgan fingerprint density at radius 2 is 1.59 bits per heavy atom. The molecule has 3 aromatic rings. The topological polar surface area (TPSA) is 127 Å². The zero-order valence-corrected chi connectivity index (χ0v) is 20.6. The van der Waals surface area contributed by atoms with Gasteiger partial charge in [0, 0.05) is 30.7 Å². The van der Waals surface area contributed by atoms with Crippen molar-refractivity contribution in [2.75, 3.05) is 12.3 Å². The van der Waals surface area contributed by atoms with Crippen molar-refractivity contribution in [2.24, 2.45) is 5.73 Å². The van der Waals surface area contributed by atoms with Gasteiger partial charge >= 0.3 is 5.97 Å². The predicted molar refractivity (Wildman–Crippen MR) is 133 cm³/mol. The van der Waals surface area contributed by atoms with E-state index in [1.165, 1.54) is 0 Å². The average molecular weight is 548 g/mol. The van der Waals surface area contributed by atoms with Crippen molar-refractivity contribution < 1.29 is 36.6 Å². The number of hydrogen-bond acceptors (Lipinski definition) is 7. The van der Waals surface area contributed by atoms with Crippen LogP contribution in [0.25, 0.3) is 5.69 Å². The number of benzene rings is 2. The molecule has 0 amide bonds. The second-order valence-corrected chi connectivity index (χ2v) is 9.08. The van der Waals surface area contributed by atoms with Crippen LogP contribution in [0.2, 0.25) is 0 Å². The molecule has 1 saturated carbocycles. The van der Waals surface area contributed by atoms with Crippen LogP contribution in [0.5, 0.6) is 5.75 Å². The summed E-state index contributed by atoms with van der Waals surface area (Å²) in [5.74, 6) is -7.11. The number of ether oxygens (including phenoxy) is 2. The number of carbonyl (C=O) groups excluding carboxylic acids is 2. The van der Waals surface area contributed by atoms with Crippen molar-refractivity contribution in [1.82, 2.24) is 4.57 Å². The third-order valence-corrected chi connectivity index (χ3v) is 6.35. The molecule has 39 heavy (non-hydrogen) atoms. The minimum atomic E-state index is -1.25. The Bertz CT molecular complexity index is 1450. The Balaban J connectivity index is 1.52. The molecular formula is C27H25F4N3O5. The van der Waals surface area contributed by atoms with Crippen LogP contribution in [0.3, 0.4) is 0 Å². The number of esters is 1. The van der Waals surface area contributed by atoms with Gasteiger partial charge < -0.3 is 20.9 Å². The number of rotatable bonds is 9. The molecule has 1 heterocycles. The van der Waals surface area contributed by atoms with Crippen LogP contribution < -0.4 is 21.8 Å². The molecule has 0 unspecified atom stereocenters. The van der Waals surface area contributed by atoms with E-state index in [4.69, 9.17) is 20.9 Å². The molecule has 0 bridgehead atoms. The molecule has 0 aliphatic heterocycles. The summed E-state index contributed by atoms with van der Waals surface area (Å²) in [7, 11) is 0. The fourth-order valence-corrected chi connectivity index (χ4v) is 4.31.